The predicted octanol–water partition coefficient (Wildman–Crippen LogP) is 2.75. The lowest BCUT2D eigenvalue weighted by atomic mass is 9.76. The van der Waals surface area contributed by atoms with Gasteiger partial charge in [-0.15, -0.1) is 0 Å². The van der Waals surface area contributed by atoms with Gasteiger partial charge in [0.1, 0.15) is 11.6 Å². The molecule has 0 saturated carbocycles. The maximum absolute atomic E-state index is 13.3. The molecule has 0 radical (unpaired) electrons. The van der Waals surface area contributed by atoms with Crippen LogP contribution in [0.2, 0.25) is 0 Å². The zero-order valence-corrected chi connectivity index (χ0v) is 19.3. The SMILES string of the molecule is O=C(NCc1cc(F)cc(F)c1)C1CCN(C(=O)N2C[C@@H]3C[C@H](C2)[C@H]2CCCC(=O)N2C3)CC1. The molecule has 3 atom stereocenters. The highest BCUT2D eigenvalue weighted by Gasteiger charge is 2.45. The number of halogens is 2. The number of rotatable bonds is 3. The van der Waals surface area contributed by atoms with Gasteiger partial charge in [0, 0.05) is 63.7 Å². The Morgan fingerprint density at radius 3 is 2.44 bits per heavy atom. The van der Waals surface area contributed by atoms with Crippen LogP contribution in [-0.2, 0) is 16.1 Å². The predicted molar refractivity (Wildman–Crippen MR) is 120 cm³/mol. The number of hydrogen-bond donors (Lipinski definition) is 1. The van der Waals surface area contributed by atoms with Crippen molar-refractivity contribution >= 4 is 17.8 Å². The van der Waals surface area contributed by atoms with E-state index in [2.05, 4.69) is 10.2 Å². The molecule has 5 rings (SSSR count). The molecule has 0 unspecified atom stereocenters. The van der Waals surface area contributed by atoms with Crippen LogP contribution in [-0.4, -0.2) is 71.3 Å². The van der Waals surface area contributed by atoms with Gasteiger partial charge in [-0.25, -0.2) is 13.6 Å². The van der Waals surface area contributed by atoms with Crippen molar-refractivity contribution in [2.45, 2.75) is 51.1 Å². The molecule has 4 amide bonds. The lowest BCUT2D eigenvalue weighted by Crippen LogP contribution is -2.62. The summed E-state index contributed by atoms with van der Waals surface area (Å²) in [5, 5.41) is 2.77. The Morgan fingerprint density at radius 1 is 0.971 bits per heavy atom. The van der Waals surface area contributed by atoms with E-state index in [1.165, 1.54) is 12.1 Å². The van der Waals surface area contributed by atoms with Crippen molar-refractivity contribution in [3.8, 4) is 0 Å². The average Bonchev–Trinajstić information content (AvgIpc) is 2.82. The first-order chi connectivity index (χ1) is 16.4. The van der Waals surface area contributed by atoms with Crippen molar-refractivity contribution in [2.24, 2.45) is 17.8 Å². The lowest BCUT2D eigenvalue weighted by molar-refractivity contribution is -0.144. The molecular formula is C25H32F2N4O3. The van der Waals surface area contributed by atoms with Crippen molar-refractivity contribution in [3.05, 3.63) is 35.4 Å². The molecule has 1 aromatic carbocycles. The third-order valence-electron chi connectivity index (χ3n) is 7.98. The molecule has 0 aliphatic carbocycles. The molecule has 4 heterocycles. The fourth-order valence-corrected chi connectivity index (χ4v) is 6.35. The van der Waals surface area contributed by atoms with Gasteiger partial charge < -0.3 is 20.0 Å². The van der Waals surface area contributed by atoms with E-state index < -0.39 is 11.6 Å². The maximum atomic E-state index is 13.3. The molecule has 0 aromatic heterocycles. The van der Waals surface area contributed by atoms with E-state index in [-0.39, 0.29) is 36.3 Å². The number of nitrogens with one attached hydrogen (secondary N) is 1. The number of carbonyl (C=O) groups excluding carboxylic acids is 3. The Balaban J connectivity index is 1.11. The van der Waals surface area contributed by atoms with E-state index in [9.17, 15) is 23.2 Å². The summed E-state index contributed by atoms with van der Waals surface area (Å²) in [4.78, 5) is 44.0. The summed E-state index contributed by atoms with van der Waals surface area (Å²) >= 11 is 0. The van der Waals surface area contributed by atoms with Gasteiger partial charge >= 0.3 is 6.03 Å². The van der Waals surface area contributed by atoms with E-state index in [1.807, 2.05) is 9.80 Å². The highest BCUT2D eigenvalue weighted by molar-refractivity contribution is 5.80. The van der Waals surface area contributed by atoms with Gasteiger partial charge in [-0.2, -0.15) is 0 Å². The van der Waals surface area contributed by atoms with Gasteiger partial charge in [0.2, 0.25) is 11.8 Å². The van der Waals surface area contributed by atoms with Gasteiger partial charge in [0.05, 0.1) is 0 Å². The summed E-state index contributed by atoms with van der Waals surface area (Å²) in [5.74, 6) is -0.722. The minimum Gasteiger partial charge on any atom is -0.352 e. The van der Waals surface area contributed by atoms with Gasteiger partial charge in [-0.05, 0) is 61.6 Å². The standard InChI is InChI=1S/C25H32F2N4O3/c26-20-9-16(10-21(27)11-20)12-28-24(33)18-4-6-29(7-5-18)25(34)30-13-17-8-19(15-30)22-2-1-3-23(32)31(22)14-17/h9-11,17-19,22H,1-8,12-15H2,(H,28,33)/t17-,19+,22+/m0/s1. The Labute approximate surface area is 198 Å². The highest BCUT2D eigenvalue weighted by Crippen LogP contribution is 2.38. The summed E-state index contributed by atoms with van der Waals surface area (Å²) < 4.78 is 26.7. The van der Waals surface area contributed by atoms with Crippen molar-refractivity contribution in [3.63, 3.8) is 0 Å². The first-order valence-corrected chi connectivity index (χ1v) is 12.4. The van der Waals surface area contributed by atoms with Crippen LogP contribution in [0.1, 0.15) is 44.1 Å². The fourth-order valence-electron chi connectivity index (χ4n) is 6.35. The van der Waals surface area contributed by atoms with Crippen LogP contribution in [0.15, 0.2) is 18.2 Å². The largest absolute Gasteiger partial charge is 0.352 e. The first-order valence-electron chi connectivity index (χ1n) is 12.4. The molecule has 0 spiro atoms. The van der Waals surface area contributed by atoms with Crippen LogP contribution in [0.4, 0.5) is 13.6 Å². The second-order valence-electron chi connectivity index (χ2n) is 10.3. The van der Waals surface area contributed by atoms with Crippen LogP contribution in [0, 0.1) is 29.4 Å². The van der Waals surface area contributed by atoms with E-state index in [4.69, 9.17) is 0 Å². The third-order valence-corrected chi connectivity index (χ3v) is 7.98. The van der Waals surface area contributed by atoms with Crippen LogP contribution in [0.5, 0.6) is 0 Å². The van der Waals surface area contributed by atoms with Crippen LogP contribution in [0.3, 0.4) is 0 Å². The topological polar surface area (TPSA) is 73.0 Å². The second kappa shape index (κ2) is 9.50. The highest BCUT2D eigenvalue weighted by atomic mass is 19.1. The molecule has 7 nitrogen and oxygen atoms in total. The van der Waals surface area contributed by atoms with E-state index >= 15 is 0 Å². The second-order valence-corrected chi connectivity index (χ2v) is 10.3. The molecular weight excluding hydrogens is 442 g/mol. The molecule has 2 bridgehead atoms. The van der Waals surface area contributed by atoms with Crippen LogP contribution >= 0.6 is 0 Å². The van der Waals surface area contributed by atoms with E-state index in [0.29, 0.717) is 62.8 Å². The minimum atomic E-state index is -0.666. The monoisotopic (exact) mass is 474 g/mol. The summed E-state index contributed by atoms with van der Waals surface area (Å²) in [6.07, 6.45) is 4.87. The minimum absolute atomic E-state index is 0.0411. The molecule has 34 heavy (non-hydrogen) atoms. The Kier molecular flexibility index (Phi) is 6.44. The summed E-state index contributed by atoms with van der Waals surface area (Å²) in [5.41, 5.74) is 0.382. The number of benzene rings is 1. The third kappa shape index (κ3) is 4.74. The average molecular weight is 475 g/mol. The maximum Gasteiger partial charge on any atom is 0.320 e. The van der Waals surface area contributed by atoms with Crippen LogP contribution < -0.4 is 5.32 Å². The quantitative estimate of drug-likeness (QED) is 0.732. The molecule has 4 aliphatic rings. The normalized spacial score (nSPS) is 27.4. The van der Waals surface area contributed by atoms with E-state index in [1.54, 1.807) is 0 Å². The van der Waals surface area contributed by atoms with Crippen molar-refractivity contribution in [1.82, 2.24) is 20.0 Å². The van der Waals surface area contributed by atoms with Gasteiger partial charge in [0.15, 0.2) is 0 Å². The molecule has 4 saturated heterocycles. The summed E-state index contributed by atoms with van der Waals surface area (Å²) in [7, 11) is 0. The number of nitrogens with zero attached hydrogens (tertiary/aromatic N) is 3. The molecule has 4 fully saturated rings. The van der Waals surface area contributed by atoms with Gasteiger partial charge in [-0.1, -0.05) is 0 Å². The van der Waals surface area contributed by atoms with E-state index in [0.717, 1.165) is 31.9 Å². The lowest BCUT2D eigenvalue weighted by Gasteiger charge is -2.53. The summed E-state index contributed by atoms with van der Waals surface area (Å²) in [6.45, 7) is 3.27. The van der Waals surface area contributed by atoms with Crippen molar-refractivity contribution < 1.29 is 23.2 Å². The molecule has 1 aromatic rings. The van der Waals surface area contributed by atoms with Crippen molar-refractivity contribution in [1.29, 1.82) is 0 Å². The molecule has 1 N–H and O–H groups in total. The molecule has 184 valence electrons. The number of likely N-dealkylation sites (tertiary alicyclic amines) is 2. The number of amides is 4. The van der Waals surface area contributed by atoms with Gasteiger partial charge in [-0.3, -0.25) is 9.59 Å². The number of hydrogen-bond acceptors (Lipinski definition) is 3. The van der Waals surface area contributed by atoms with Crippen LogP contribution in [0.25, 0.3) is 0 Å². The smallest absolute Gasteiger partial charge is 0.320 e. The first kappa shape index (κ1) is 23.1. The van der Waals surface area contributed by atoms with Crippen molar-refractivity contribution in [2.75, 3.05) is 32.7 Å². The zero-order chi connectivity index (χ0) is 23.8. The fraction of sp³-hybridized carbons (Fsp3) is 0.640. The number of urea groups is 1. The number of fused-ring (bicyclic) bond motifs is 4. The summed E-state index contributed by atoms with van der Waals surface area (Å²) in [6, 6.07) is 3.54. The Morgan fingerprint density at radius 2 is 1.71 bits per heavy atom. The molecule has 4 aliphatic heterocycles. The zero-order valence-electron chi connectivity index (χ0n) is 19.3. The molecule has 9 heteroatoms. The Hall–Kier alpha value is -2.71. The number of piperidine rings is 4. The van der Waals surface area contributed by atoms with Gasteiger partial charge in [0.25, 0.3) is 0 Å². The Bertz CT molecular complexity index is 945. The number of carbonyl (C=O) groups is 3.